The summed E-state index contributed by atoms with van der Waals surface area (Å²) >= 11 is 0. The van der Waals surface area contributed by atoms with E-state index in [1.54, 1.807) is 16.1 Å². The number of nitrogens with two attached hydrogens (primary N) is 1. The van der Waals surface area contributed by atoms with Crippen molar-refractivity contribution in [3.05, 3.63) is 30.2 Å². The Hall–Kier alpha value is -2.34. The standard InChI is InChI=1S/C21H29F2N7O2/c22-18-19(17(12-25-20(18)23)29-4-1-5-30(29)24)27-6-2-15(3-7-27)21(31)28-10-8-26(9-11-28)16-13-32-14-16/h1,4,12,15-16H,2-3,5-11,13-14,24H2. The number of anilines is 2. The first-order valence-corrected chi connectivity index (χ1v) is 11.2. The number of rotatable bonds is 4. The number of piperidine rings is 1. The second-order valence-corrected chi connectivity index (χ2v) is 8.76. The first-order chi connectivity index (χ1) is 15.5. The fraction of sp³-hybridized carbons (Fsp3) is 0.619. The molecule has 0 aliphatic carbocycles. The Balaban J connectivity index is 1.23. The minimum atomic E-state index is -1.14. The van der Waals surface area contributed by atoms with Crippen LogP contribution in [0.3, 0.4) is 0 Å². The molecule has 0 aromatic carbocycles. The predicted octanol–water partition coefficient (Wildman–Crippen LogP) is 0.544. The van der Waals surface area contributed by atoms with Crippen molar-refractivity contribution in [2.24, 2.45) is 11.8 Å². The quantitative estimate of drug-likeness (QED) is 0.527. The van der Waals surface area contributed by atoms with E-state index in [1.807, 2.05) is 11.0 Å². The van der Waals surface area contributed by atoms with Gasteiger partial charge in [0.15, 0.2) is 0 Å². The van der Waals surface area contributed by atoms with Crippen LogP contribution in [0.5, 0.6) is 0 Å². The van der Waals surface area contributed by atoms with E-state index in [0.717, 1.165) is 39.4 Å². The Morgan fingerprint density at radius 2 is 1.81 bits per heavy atom. The zero-order chi connectivity index (χ0) is 22.2. The molecule has 4 aliphatic heterocycles. The number of piperazine rings is 1. The van der Waals surface area contributed by atoms with Crippen molar-refractivity contribution >= 4 is 17.3 Å². The summed E-state index contributed by atoms with van der Waals surface area (Å²) in [6.45, 7) is 6.19. The number of pyridine rings is 1. The van der Waals surface area contributed by atoms with Gasteiger partial charge in [0, 0.05) is 51.4 Å². The molecule has 4 aliphatic rings. The lowest BCUT2D eigenvalue weighted by Crippen LogP contribution is -2.58. The highest BCUT2D eigenvalue weighted by atomic mass is 19.2. The van der Waals surface area contributed by atoms with Gasteiger partial charge in [0.2, 0.25) is 11.7 Å². The van der Waals surface area contributed by atoms with E-state index in [0.29, 0.717) is 44.2 Å². The number of aromatic nitrogens is 1. The smallest absolute Gasteiger partial charge is 0.251 e. The molecule has 9 nitrogen and oxygen atoms in total. The third kappa shape index (κ3) is 3.94. The SMILES string of the molecule is NN1CC=CN1c1cnc(F)c(F)c1N1CCC(C(=O)N2CCN(C3COC3)CC2)CC1. The molecular formula is C21H29F2N7O2. The van der Waals surface area contributed by atoms with Crippen LogP contribution in [-0.2, 0) is 9.53 Å². The van der Waals surface area contributed by atoms with Crippen LogP contribution >= 0.6 is 0 Å². The van der Waals surface area contributed by atoms with Gasteiger partial charge in [-0.25, -0.2) is 10.8 Å². The van der Waals surface area contributed by atoms with Crippen molar-refractivity contribution in [2.75, 3.05) is 68.9 Å². The lowest BCUT2D eigenvalue weighted by atomic mass is 9.94. The summed E-state index contributed by atoms with van der Waals surface area (Å²) < 4.78 is 34.1. The summed E-state index contributed by atoms with van der Waals surface area (Å²) in [5.74, 6) is 3.91. The number of halogens is 2. The summed E-state index contributed by atoms with van der Waals surface area (Å²) in [4.78, 5) is 22.8. The maximum Gasteiger partial charge on any atom is 0.251 e. The first-order valence-electron chi connectivity index (χ1n) is 11.2. The Labute approximate surface area is 185 Å². The van der Waals surface area contributed by atoms with E-state index in [4.69, 9.17) is 10.6 Å². The average Bonchev–Trinajstić information content (AvgIpc) is 3.20. The Morgan fingerprint density at radius 3 is 2.41 bits per heavy atom. The number of hydrogen-bond donors (Lipinski definition) is 1. The largest absolute Gasteiger partial charge is 0.378 e. The zero-order valence-electron chi connectivity index (χ0n) is 18.0. The van der Waals surface area contributed by atoms with Crippen molar-refractivity contribution in [1.29, 1.82) is 0 Å². The number of ether oxygens (including phenoxy) is 1. The molecule has 0 unspecified atom stereocenters. The third-order valence-corrected chi connectivity index (χ3v) is 6.92. The van der Waals surface area contributed by atoms with Crippen molar-refractivity contribution in [2.45, 2.75) is 18.9 Å². The van der Waals surface area contributed by atoms with Gasteiger partial charge >= 0.3 is 0 Å². The van der Waals surface area contributed by atoms with Gasteiger partial charge in [0.05, 0.1) is 32.0 Å². The van der Waals surface area contributed by atoms with Crippen LogP contribution in [0, 0.1) is 17.7 Å². The molecule has 11 heteroatoms. The van der Waals surface area contributed by atoms with Crippen LogP contribution in [0.4, 0.5) is 20.2 Å². The van der Waals surface area contributed by atoms with Gasteiger partial charge in [-0.3, -0.25) is 14.7 Å². The minimum Gasteiger partial charge on any atom is -0.378 e. The molecule has 174 valence electrons. The number of carbonyl (C=O) groups excluding carboxylic acids is 1. The fourth-order valence-electron chi connectivity index (χ4n) is 4.91. The fourth-order valence-corrected chi connectivity index (χ4v) is 4.91. The van der Waals surface area contributed by atoms with Crippen molar-refractivity contribution in [3.8, 4) is 0 Å². The maximum atomic E-state index is 14.8. The summed E-state index contributed by atoms with van der Waals surface area (Å²) in [7, 11) is 0. The molecule has 5 heterocycles. The normalized spacial score (nSPS) is 23.8. The number of hydrazine groups is 2. The molecule has 0 spiro atoms. The maximum absolute atomic E-state index is 14.8. The molecule has 0 atom stereocenters. The van der Waals surface area contributed by atoms with Crippen LogP contribution in [0.2, 0.25) is 0 Å². The molecule has 1 aromatic rings. The van der Waals surface area contributed by atoms with Crippen molar-refractivity contribution in [3.63, 3.8) is 0 Å². The Morgan fingerprint density at radius 1 is 1.09 bits per heavy atom. The van der Waals surface area contributed by atoms with Crippen LogP contribution in [0.15, 0.2) is 18.5 Å². The van der Waals surface area contributed by atoms with E-state index in [2.05, 4.69) is 9.88 Å². The van der Waals surface area contributed by atoms with Gasteiger partial charge in [0.1, 0.15) is 11.4 Å². The van der Waals surface area contributed by atoms with Crippen LogP contribution in [-0.4, -0.2) is 90.9 Å². The van der Waals surface area contributed by atoms with Crippen molar-refractivity contribution < 1.29 is 18.3 Å². The zero-order valence-corrected chi connectivity index (χ0v) is 18.0. The molecule has 0 saturated carbocycles. The third-order valence-electron chi connectivity index (χ3n) is 6.92. The van der Waals surface area contributed by atoms with Gasteiger partial charge < -0.3 is 14.5 Å². The molecule has 0 bridgehead atoms. The number of carbonyl (C=O) groups is 1. The predicted molar refractivity (Wildman–Crippen MR) is 114 cm³/mol. The molecule has 5 rings (SSSR count). The van der Waals surface area contributed by atoms with E-state index in [9.17, 15) is 13.6 Å². The highest BCUT2D eigenvalue weighted by Gasteiger charge is 2.35. The second kappa shape index (κ2) is 8.89. The average molecular weight is 450 g/mol. The van der Waals surface area contributed by atoms with E-state index < -0.39 is 11.8 Å². The van der Waals surface area contributed by atoms with E-state index in [1.165, 1.54) is 11.3 Å². The Bertz CT molecular complexity index is 881. The van der Waals surface area contributed by atoms with E-state index in [-0.39, 0.29) is 17.5 Å². The van der Waals surface area contributed by atoms with Crippen LogP contribution in [0.1, 0.15) is 12.8 Å². The van der Waals surface area contributed by atoms with Crippen LogP contribution in [0.25, 0.3) is 0 Å². The molecule has 32 heavy (non-hydrogen) atoms. The highest BCUT2D eigenvalue weighted by Crippen LogP contribution is 2.36. The molecule has 2 N–H and O–H groups in total. The lowest BCUT2D eigenvalue weighted by molar-refractivity contribution is -0.140. The summed E-state index contributed by atoms with van der Waals surface area (Å²) in [6.07, 6.45) is 6.03. The molecule has 1 aromatic heterocycles. The topological polar surface area (TPSA) is 81.4 Å². The van der Waals surface area contributed by atoms with E-state index >= 15 is 0 Å². The summed E-state index contributed by atoms with van der Waals surface area (Å²) in [5, 5.41) is 2.97. The van der Waals surface area contributed by atoms with Crippen LogP contribution < -0.4 is 15.8 Å². The lowest BCUT2D eigenvalue weighted by Gasteiger charge is -2.44. The minimum absolute atomic E-state index is 0.0966. The van der Waals surface area contributed by atoms with Crippen molar-refractivity contribution in [1.82, 2.24) is 19.9 Å². The summed E-state index contributed by atoms with van der Waals surface area (Å²) in [5.41, 5.74) is 0.530. The second-order valence-electron chi connectivity index (χ2n) is 8.76. The summed E-state index contributed by atoms with van der Waals surface area (Å²) in [6, 6.07) is 0.496. The van der Waals surface area contributed by atoms with Gasteiger partial charge in [-0.1, -0.05) is 0 Å². The van der Waals surface area contributed by atoms with Gasteiger partial charge in [-0.15, -0.1) is 0 Å². The number of amides is 1. The van der Waals surface area contributed by atoms with Gasteiger partial charge in [-0.05, 0) is 18.9 Å². The molecule has 3 fully saturated rings. The monoisotopic (exact) mass is 449 g/mol. The number of hydrogen-bond acceptors (Lipinski definition) is 8. The molecule has 1 amide bonds. The highest BCUT2D eigenvalue weighted by molar-refractivity contribution is 5.80. The van der Waals surface area contributed by atoms with Gasteiger partial charge in [0.25, 0.3) is 5.95 Å². The Kier molecular flexibility index (Phi) is 5.97. The molecule has 0 radical (unpaired) electrons. The number of nitrogens with zero attached hydrogens (tertiary/aromatic N) is 6. The first kappa shape index (κ1) is 21.5. The molecular weight excluding hydrogens is 420 g/mol. The van der Waals surface area contributed by atoms with Gasteiger partial charge in [-0.2, -0.15) is 13.9 Å². The molecule has 3 saturated heterocycles.